The van der Waals surface area contributed by atoms with Gasteiger partial charge in [0.2, 0.25) is 5.88 Å². The fourth-order valence-corrected chi connectivity index (χ4v) is 1.50. The maximum absolute atomic E-state index is 11.9. The Labute approximate surface area is 102 Å². The number of carbonyl (C=O) groups is 2. The molecular weight excluding hydrogens is 238 g/mol. The molecule has 2 aromatic rings. The molecular formula is C11H11N3O4. The zero-order chi connectivity index (χ0) is 13.1. The van der Waals surface area contributed by atoms with Gasteiger partial charge in [0.05, 0.1) is 5.69 Å². The van der Waals surface area contributed by atoms with Crippen molar-refractivity contribution in [1.29, 1.82) is 0 Å². The van der Waals surface area contributed by atoms with Gasteiger partial charge in [-0.25, -0.2) is 0 Å². The number of aromatic nitrogens is 2. The van der Waals surface area contributed by atoms with Gasteiger partial charge >= 0.3 is 5.97 Å². The highest BCUT2D eigenvalue weighted by atomic mass is 16.5. The summed E-state index contributed by atoms with van der Waals surface area (Å²) in [6, 6.07) is 4.70. The highest BCUT2D eigenvalue weighted by Crippen LogP contribution is 2.11. The van der Waals surface area contributed by atoms with Crippen molar-refractivity contribution in [3.8, 4) is 0 Å². The SMILES string of the molecule is Cc1cc(NC(=O)c2cccn2CC(=O)O)on1. The van der Waals surface area contributed by atoms with Crippen molar-refractivity contribution in [1.82, 2.24) is 9.72 Å². The molecule has 0 saturated carbocycles. The van der Waals surface area contributed by atoms with Crippen LogP contribution in [-0.2, 0) is 11.3 Å². The second-order valence-electron chi connectivity index (χ2n) is 3.70. The number of amides is 1. The molecule has 0 unspecified atom stereocenters. The van der Waals surface area contributed by atoms with Crippen molar-refractivity contribution in [2.24, 2.45) is 0 Å². The van der Waals surface area contributed by atoms with Gasteiger partial charge < -0.3 is 14.2 Å². The summed E-state index contributed by atoms with van der Waals surface area (Å²) in [7, 11) is 0. The first-order valence-electron chi connectivity index (χ1n) is 5.18. The first-order valence-corrected chi connectivity index (χ1v) is 5.18. The number of carbonyl (C=O) groups excluding carboxylic acids is 1. The molecule has 0 radical (unpaired) electrons. The molecule has 0 aliphatic rings. The Morgan fingerprint density at radius 1 is 1.56 bits per heavy atom. The monoisotopic (exact) mass is 249 g/mol. The third kappa shape index (κ3) is 2.57. The fourth-order valence-electron chi connectivity index (χ4n) is 1.50. The van der Waals surface area contributed by atoms with Gasteiger partial charge in [-0.1, -0.05) is 5.16 Å². The first kappa shape index (κ1) is 11.9. The number of nitrogens with one attached hydrogen (secondary N) is 1. The highest BCUT2D eigenvalue weighted by Gasteiger charge is 2.14. The van der Waals surface area contributed by atoms with E-state index in [0.29, 0.717) is 5.69 Å². The molecule has 0 bridgehead atoms. The van der Waals surface area contributed by atoms with Crippen LogP contribution in [0.15, 0.2) is 28.9 Å². The van der Waals surface area contributed by atoms with Gasteiger partial charge in [0.15, 0.2) is 0 Å². The van der Waals surface area contributed by atoms with Crippen LogP contribution in [0.4, 0.5) is 5.88 Å². The smallest absolute Gasteiger partial charge is 0.323 e. The second-order valence-corrected chi connectivity index (χ2v) is 3.70. The Hall–Kier alpha value is -2.57. The molecule has 0 aliphatic heterocycles. The van der Waals surface area contributed by atoms with E-state index in [1.165, 1.54) is 16.8 Å². The second kappa shape index (κ2) is 4.74. The lowest BCUT2D eigenvalue weighted by atomic mass is 10.4. The van der Waals surface area contributed by atoms with Crippen LogP contribution in [0, 0.1) is 6.92 Å². The van der Waals surface area contributed by atoms with E-state index in [0.717, 1.165) is 0 Å². The van der Waals surface area contributed by atoms with Crippen LogP contribution in [0.3, 0.4) is 0 Å². The fraction of sp³-hybridized carbons (Fsp3) is 0.182. The van der Waals surface area contributed by atoms with Gasteiger partial charge in [-0.2, -0.15) is 0 Å². The van der Waals surface area contributed by atoms with E-state index in [2.05, 4.69) is 10.5 Å². The van der Waals surface area contributed by atoms with Gasteiger partial charge in [-0.3, -0.25) is 14.9 Å². The standard InChI is InChI=1S/C11H11N3O4/c1-7-5-9(18-13-7)12-11(17)8-3-2-4-14(8)6-10(15)16/h2-5H,6H2,1H3,(H,12,17)(H,15,16). The van der Waals surface area contributed by atoms with Crippen molar-refractivity contribution >= 4 is 17.8 Å². The number of hydrogen-bond donors (Lipinski definition) is 2. The van der Waals surface area contributed by atoms with E-state index in [9.17, 15) is 9.59 Å². The number of rotatable bonds is 4. The van der Waals surface area contributed by atoms with Gasteiger partial charge in [-0.15, -0.1) is 0 Å². The molecule has 0 spiro atoms. The Morgan fingerprint density at radius 2 is 2.33 bits per heavy atom. The first-order chi connectivity index (χ1) is 8.56. The number of nitrogens with zero attached hydrogens (tertiary/aromatic N) is 2. The number of anilines is 1. The number of carboxylic acid groups (broad SMARTS) is 1. The van der Waals surface area contributed by atoms with Gasteiger partial charge in [-0.05, 0) is 19.1 Å². The molecule has 94 valence electrons. The summed E-state index contributed by atoms with van der Waals surface area (Å²) in [6.45, 7) is 1.46. The largest absolute Gasteiger partial charge is 0.480 e. The molecule has 2 N–H and O–H groups in total. The Balaban J connectivity index is 2.14. The van der Waals surface area contributed by atoms with E-state index in [-0.39, 0.29) is 18.1 Å². The average Bonchev–Trinajstić information content (AvgIpc) is 2.87. The maximum Gasteiger partial charge on any atom is 0.323 e. The summed E-state index contributed by atoms with van der Waals surface area (Å²) in [4.78, 5) is 22.5. The third-order valence-corrected chi connectivity index (χ3v) is 2.23. The van der Waals surface area contributed by atoms with E-state index in [1.54, 1.807) is 19.1 Å². The Morgan fingerprint density at radius 3 is 2.94 bits per heavy atom. The third-order valence-electron chi connectivity index (χ3n) is 2.23. The number of hydrogen-bond acceptors (Lipinski definition) is 4. The van der Waals surface area contributed by atoms with Crippen LogP contribution in [-0.4, -0.2) is 26.7 Å². The predicted molar refractivity (Wildman–Crippen MR) is 61.3 cm³/mol. The molecule has 0 aromatic carbocycles. The Kier molecular flexibility index (Phi) is 3.13. The lowest BCUT2D eigenvalue weighted by molar-refractivity contribution is -0.137. The zero-order valence-electron chi connectivity index (χ0n) is 9.58. The Bertz CT molecular complexity index is 585. The maximum atomic E-state index is 11.9. The van der Waals surface area contributed by atoms with Crippen LogP contribution in [0.2, 0.25) is 0 Å². The molecule has 2 heterocycles. The minimum atomic E-state index is -1.02. The molecule has 0 fully saturated rings. The van der Waals surface area contributed by atoms with Gasteiger partial charge in [0, 0.05) is 12.3 Å². The quantitative estimate of drug-likeness (QED) is 0.846. The average molecular weight is 249 g/mol. The van der Waals surface area contributed by atoms with Crippen molar-refractivity contribution in [3.05, 3.63) is 35.8 Å². The molecule has 7 heteroatoms. The summed E-state index contributed by atoms with van der Waals surface area (Å²) in [5.74, 6) is -1.24. The molecule has 2 aromatic heterocycles. The normalized spacial score (nSPS) is 10.3. The topological polar surface area (TPSA) is 97.4 Å². The number of aliphatic carboxylic acids is 1. The summed E-state index contributed by atoms with van der Waals surface area (Å²) in [5.41, 5.74) is 0.887. The molecule has 18 heavy (non-hydrogen) atoms. The van der Waals surface area contributed by atoms with Crippen molar-refractivity contribution in [2.45, 2.75) is 13.5 Å². The molecule has 0 saturated heterocycles. The summed E-state index contributed by atoms with van der Waals surface area (Å²) in [6.07, 6.45) is 1.52. The van der Waals surface area contributed by atoms with Crippen LogP contribution in [0.25, 0.3) is 0 Å². The van der Waals surface area contributed by atoms with Crippen LogP contribution >= 0.6 is 0 Å². The van der Waals surface area contributed by atoms with Crippen molar-refractivity contribution in [2.75, 3.05) is 5.32 Å². The van der Waals surface area contributed by atoms with Crippen LogP contribution in [0.1, 0.15) is 16.2 Å². The summed E-state index contributed by atoms with van der Waals surface area (Å²) < 4.78 is 6.18. The van der Waals surface area contributed by atoms with E-state index >= 15 is 0 Å². The summed E-state index contributed by atoms with van der Waals surface area (Å²) in [5, 5.41) is 14.8. The minimum absolute atomic E-state index is 0.223. The van der Waals surface area contributed by atoms with Crippen LogP contribution < -0.4 is 5.32 Å². The molecule has 0 atom stereocenters. The van der Waals surface area contributed by atoms with E-state index < -0.39 is 11.9 Å². The molecule has 1 amide bonds. The lowest BCUT2D eigenvalue weighted by Crippen LogP contribution is -2.19. The predicted octanol–water partition coefficient (Wildman–Crippen LogP) is 1.12. The number of aryl methyl sites for hydroxylation is 1. The molecule has 0 aliphatic carbocycles. The zero-order valence-corrected chi connectivity index (χ0v) is 9.58. The summed E-state index contributed by atoms with van der Waals surface area (Å²) >= 11 is 0. The van der Waals surface area contributed by atoms with Crippen molar-refractivity contribution < 1.29 is 19.2 Å². The van der Waals surface area contributed by atoms with Gasteiger partial charge in [0.1, 0.15) is 12.2 Å². The van der Waals surface area contributed by atoms with E-state index in [1.807, 2.05) is 0 Å². The number of carboxylic acids is 1. The lowest BCUT2D eigenvalue weighted by Gasteiger charge is -2.05. The molecule has 2 rings (SSSR count). The van der Waals surface area contributed by atoms with E-state index in [4.69, 9.17) is 9.63 Å². The van der Waals surface area contributed by atoms with Crippen LogP contribution in [0.5, 0.6) is 0 Å². The molecule has 7 nitrogen and oxygen atoms in total. The van der Waals surface area contributed by atoms with Gasteiger partial charge in [0.25, 0.3) is 5.91 Å². The highest BCUT2D eigenvalue weighted by molar-refractivity contribution is 6.02. The minimum Gasteiger partial charge on any atom is -0.480 e. The van der Waals surface area contributed by atoms with Crippen molar-refractivity contribution in [3.63, 3.8) is 0 Å².